The zero-order valence-electron chi connectivity index (χ0n) is 18.0. The molecule has 0 bridgehead atoms. The molecule has 1 amide bonds. The molecule has 1 aliphatic rings. The van der Waals surface area contributed by atoms with Gasteiger partial charge in [-0.2, -0.15) is 0 Å². The smallest absolute Gasteiger partial charge is 0.407 e. The number of carbonyl (C=O) groups excluding carboxylic acids is 1. The largest absolute Gasteiger partial charge is 0.445 e. The quantitative estimate of drug-likeness (QED) is 0.479. The van der Waals surface area contributed by atoms with Crippen molar-refractivity contribution in [3.63, 3.8) is 0 Å². The lowest BCUT2D eigenvalue weighted by Crippen LogP contribution is -2.45. The second-order valence-electron chi connectivity index (χ2n) is 8.69. The Balaban J connectivity index is 2.04. The average Bonchev–Trinajstić information content (AvgIpc) is 3.08. The molecule has 1 N–H and O–H groups in total. The molecular weight excluding hydrogens is 370 g/mol. The first kappa shape index (κ1) is 22.7. The van der Waals surface area contributed by atoms with Crippen molar-refractivity contribution in [3.05, 3.63) is 48.6 Å². The highest BCUT2D eigenvalue weighted by molar-refractivity contribution is 6.70. The summed E-state index contributed by atoms with van der Waals surface area (Å²) in [5.74, 6) is 0. The van der Waals surface area contributed by atoms with Crippen molar-refractivity contribution in [2.75, 3.05) is 6.54 Å². The van der Waals surface area contributed by atoms with E-state index in [0.717, 1.165) is 5.56 Å². The summed E-state index contributed by atoms with van der Waals surface area (Å²) in [4.78, 5) is 12.2. The van der Waals surface area contributed by atoms with Crippen LogP contribution in [0.5, 0.6) is 0 Å². The molecule has 1 heterocycles. The van der Waals surface area contributed by atoms with Gasteiger partial charge in [0.1, 0.15) is 6.61 Å². The highest BCUT2D eigenvalue weighted by Gasteiger charge is 2.57. The average molecular weight is 406 g/mol. The van der Waals surface area contributed by atoms with E-state index in [1.165, 1.54) is 0 Å². The summed E-state index contributed by atoms with van der Waals surface area (Å²) in [6.07, 6.45) is 1.08. The number of rotatable bonds is 8. The summed E-state index contributed by atoms with van der Waals surface area (Å²) in [6, 6.07) is 9.63. The molecule has 156 valence electrons. The third-order valence-corrected chi connectivity index (χ3v) is 10.0. The Hall–Kier alpha value is -1.63. The van der Waals surface area contributed by atoms with Crippen LogP contribution in [-0.2, 0) is 20.2 Å². The summed E-state index contributed by atoms with van der Waals surface area (Å²) < 4.78 is 18.6. The molecule has 6 heteroatoms. The van der Waals surface area contributed by atoms with Gasteiger partial charge in [-0.05, 0) is 16.6 Å². The molecule has 0 aromatic heterocycles. The second-order valence-corrected chi connectivity index (χ2v) is 12.9. The lowest BCUT2D eigenvalue weighted by atomic mass is 9.84. The van der Waals surface area contributed by atoms with Gasteiger partial charge in [-0.15, -0.1) is 6.58 Å². The molecule has 5 nitrogen and oxygen atoms in total. The molecule has 1 aliphatic heterocycles. The van der Waals surface area contributed by atoms with Crippen LogP contribution >= 0.6 is 0 Å². The standard InChI is InChI=1S/C22H35NO4Si/c1-8-22(6,7)20-19(26-28(27-20,16(2)3)17(4)5)14-23-21(24)25-15-18-12-10-9-11-13-18/h8-13,16-17,19-20H,1,14-15H2,2-7H3,(H,23,24)/t19-,20+/m0/s1. The van der Waals surface area contributed by atoms with Crippen molar-refractivity contribution in [3.8, 4) is 0 Å². The number of ether oxygens (including phenoxy) is 1. The van der Waals surface area contributed by atoms with E-state index < -0.39 is 14.7 Å². The number of benzene rings is 1. The van der Waals surface area contributed by atoms with Gasteiger partial charge in [-0.1, -0.05) is 78.0 Å². The normalized spacial score (nSPS) is 21.7. The summed E-state index contributed by atoms with van der Waals surface area (Å²) in [7, 11) is -2.42. The Morgan fingerprint density at radius 2 is 1.82 bits per heavy atom. The fourth-order valence-electron chi connectivity index (χ4n) is 3.67. The Morgan fingerprint density at radius 3 is 2.36 bits per heavy atom. The molecule has 0 aliphatic carbocycles. The zero-order chi connectivity index (χ0) is 20.9. The molecule has 0 unspecified atom stereocenters. The minimum absolute atomic E-state index is 0.157. The van der Waals surface area contributed by atoms with E-state index in [4.69, 9.17) is 13.6 Å². The molecular formula is C22H35NO4Si. The van der Waals surface area contributed by atoms with Crippen LogP contribution in [-0.4, -0.2) is 33.4 Å². The second kappa shape index (κ2) is 9.24. The fraction of sp³-hybridized carbons (Fsp3) is 0.591. The number of amides is 1. The van der Waals surface area contributed by atoms with Crippen molar-refractivity contribution in [1.82, 2.24) is 5.32 Å². The van der Waals surface area contributed by atoms with Crippen LogP contribution in [0, 0.1) is 5.41 Å². The third-order valence-electron chi connectivity index (χ3n) is 5.51. The van der Waals surface area contributed by atoms with Crippen LogP contribution in [0.3, 0.4) is 0 Å². The maximum atomic E-state index is 12.2. The molecule has 1 aromatic carbocycles. The van der Waals surface area contributed by atoms with Crippen LogP contribution in [0.15, 0.2) is 43.0 Å². The minimum atomic E-state index is -2.42. The van der Waals surface area contributed by atoms with Gasteiger partial charge in [0.2, 0.25) is 0 Å². The Labute approximate surface area is 170 Å². The molecule has 2 atom stereocenters. The van der Waals surface area contributed by atoms with E-state index in [9.17, 15) is 4.79 Å². The topological polar surface area (TPSA) is 56.8 Å². The van der Waals surface area contributed by atoms with E-state index in [0.29, 0.717) is 17.6 Å². The first-order valence-corrected chi connectivity index (χ1v) is 12.0. The Morgan fingerprint density at radius 1 is 1.21 bits per heavy atom. The summed E-state index contributed by atoms with van der Waals surface area (Å²) in [5, 5.41) is 2.86. The first-order chi connectivity index (χ1) is 13.1. The van der Waals surface area contributed by atoms with E-state index in [2.05, 4.69) is 53.4 Å². The lowest BCUT2D eigenvalue weighted by Gasteiger charge is -2.34. The molecule has 1 fully saturated rings. The van der Waals surface area contributed by atoms with E-state index in [1.54, 1.807) is 0 Å². The first-order valence-electron chi connectivity index (χ1n) is 10.1. The van der Waals surface area contributed by atoms with Crippen molar-refractivity contribution in [1.29, 1.82) is 0 Å². The van der Waals surface area contributed by atoms with Crippen molar-refractivity contribution in [2.45, 2.75) is 71.4 Å². The van der Waals surface area contributed by atoms with Gasteiger partial charge in [-0.25, -0.2) is 4.79 Å². The molecule has 28 heavy (non-hydrogen) atoms. The Kier molecular flexibility index (Phi) is 7.48. The van der Waals surface area contributed by atoms with Crippen molar-refractivity contribution < 1.29 is 18.4 Å². The van der Waals surface area contributed by atoms with Crippen molar-refractivity contribution in [2.24, 2.45) is 5.41 Å². The van der Waals surface area contributed by atoms with E-state index >= 15 is 0 Å². The Bertz CT molecular complexity index is 652. The number of alkyl carbamates (subject to hydrolysis) is 1. The van der Waals surface area contributed by atoms with Gasteiger partial charge in [0.05, 0.1) is 12.2 Å². The highest BCUT2D eigenvalue weighted by Crippen LogP contribution is 2.46. The maximum absolute atomic E-state index is 12.2. The third kappa shape index (κ3) is 5.04. The van der Waals surface area contributed by atoms with E-state index in [1.807, 2.05) is 36.4 Å². The predicted octanol–water partition coefficient (Wildman–Crippen LogP) is 5.17. The summed E-state index contributed by atoms with van der Waals surface area (Å²) in [6.45, 7) is 17.4. The SMILES string of the molecule is C=CC(C)(C)[C@@H]1O[Si](C(C)C)(C(C)C)O[C@H]1CNC(=O)OCc1ccccc1. The van der Waals surface area contributed by atoms with E-state index in [-0.39, 0.29) is 24.2 Å². The fourth-order valence-corrected chi connectivity index (χ4v) is 7.68. The van der Waals surface area contributed by atoms with Crippen molar-refractivity contribution >= 4 is 14.7 Å². The number of carbonyl (C=O) groups is 1. The minimum Gasteiger partial charge on any atom is -0.445 e. The van der Waals surface area contributed by atoms with Gasteiger partial charge in [0.15, 0.2) is 0 Å². The monoisotopic (exact) mass is 405 g/mol. The summed E-state index contributed by atoms with van der Waals surface area (Å²) in [5.41, 5.74) is 1.31. The summed E-state index contributed by atoms with van der Waals surface area (Å²) >= 11 is 0. The number of nitrogens with one attached hydrogen (secondary N) is 1. The molecule has 1 aromatic rings. The number of hydrogen-bond donors (Lipinski definition) is 1. The van der Waals surface area contributed by atoms with Gasteiger partial charge in [0.25, 0.3) is 0 Å². The van der Waals surface area contributed by atoms with Crippen LogP contribution in [0.1, 0.15) is 47.1 Å². The molecule has 0 radical (unpaired) electrons. The molecule has 2 rings (SSSR count). The van der Waals surface area contributed by atoms with Gasteiger partial charge in [-0.3, -0.25) is 0 Å². The van der Waals surface area contributed by atoms with Crippen LogP contribution in [0.25, 0.3) is 0 Å². The van der Waals surface area contributed by atoms with Gasteiger partial charge in [0, 0.05) is 12.0 Å². The zero-order valence-corrected chi connectivity index (χ0v) is 19.0. The predicted molar refractivity (Wildman–Crippen MR) is 114 cm³/mol. The van der Waals surface area contributed by atoms with Crippen LogP contribution in [0.2, 0.25) is 11.1 Å². The van der Waals surface area contributed by atoms with Gasteiger partial charge < -0.3 is 18.9 Å². The maximum Gasteiger partial charge on any atom is 0.407 e. The lowest BCUT2D eigenvalue weighted by molar-refractivity contribution is 0.0716. The molecule has 0 saturated carbocycles. The van der Waals surface area contributed by atoms with Crippen LogP contribution < -0.4 is 5.32 Å². The molecule has 0 spiro atoms. The highest BCUT2D eigenvalue weighted by atomic mass is 28.4. The molecule has 1 saturated heterocycles. The number of hydrogen-bond acceptors (Lipinski definition) is 4. The van der Waals surface area contributed by atoms with Crippen LogP contribution in [0.4, 0.5) is 4.79 Å². The van der Waals surface area contributed by atoms with Gasteiger partial charge >= 0.3 is 14.7 Å².